The second-order valence-corrected chi connectivity index (χ2v) is 0.671. The van der Waals surface area contributed by atoms with E-state index in [4.69, 9.17) is 46.0 Å². The molecule has 0 aromatic rings. The number of hydrogen-bond donors (Lipinski definition) is 0. The third-order valence-electron chi connectivity index (χ3n) is 0. The molecule has 0 aromatic heterocycles. The summed E-state index contributed by atoms with van der Waals surface area (Å²) in [4.78, 5) is 24.8. The molecule has 71 valence electrons. The molecule has 0 saturated heterocycles. The Kier molecular flexibility index (Phi) is 28.8. The Morgan fingerprint density at radius 2 is 0.538 bits per heavy atom. The van der Waals surface area contributed by atoms with Crippen molar-refractivity contribution in [3.8, 4) is 0 Å². The van der Waals surface area contributed by atoms with Crippen LogP contribution in [-0.4, -0.2) is 15.3 Å². The van der Waals surface area contributed by atoms with E-state index in [0.717, 1.165) is 0 Å². The zero-order valence-corrected chi connectivity index (χ0v) is 8.69. The number of hydrogen-bond acceptors (Lipinski definition) is 9. The molecule has 0 heterocycles. The predicted molar refractivity (Wildman–Crippen MR) is 31.1 cm³/mol. The van der Waals surface area contributed by atoms with Crippen LogP contribution in [-0.2, 0) is 19.5 Å². The van der Waals surface area contributed by atoms with Gasteiger partial charge in [0.05, 0.1) is 15.3 Å². The van der Waals surface area contributed by atoms with Crippen molar-refractivity contribution in [2.75, 3.05) is 0 Å². The van der Waals surface area contributed by atoms with Gasteiger partial charge in [0.15, 0.2) is 0 Å². The molecule has 0 atom stereocenters. The van der Waals surface area contributed by atoms with Crippen LogP contribution in [0.5, 0.6) is 0 Å². The van der Waals surface area contributed by atoms with Crippen LogP contribution >= 0.6 is 0 Å². The van der Waals surface area contributed by atoms with Gasteiger partial charge in [-0.1, -0.05) is 0 Å². The Morgan fingerprint density at radius 3 is 0.538 bits per heavy atom. The van der Waals surface area contributed by atoms with Gasteiger partial charge in [0.1, 0.15) is 0 Å². The molecule has 0 radical (unpaired) electrons. The quantitative estimate of drug-likeness (QED) is 0.302. The van der Waals surface area contributed by atoms with Gasteiger partial charge in [-0.2, -0.15) is 0 Å². The first kappa shape index (κ1) is 22.5. The van der Waals surface area contributed by atoms with Crippen LogP contribution in [0.2, 0.25) is 0 Å². The van der Waals surface area contributed by atoms with E-state index in [9.17, 15) is 0 Å². The van der Waals surface area contributed by atoms with E-state index in [2.05, 4.69) is 0 Å². The Bertz CT molecular complexity index is 112. The van der Waals surface area contributed by atoms with Crippen molar-refractivity contribution in [3.05, 3.63) is 46.0 Å². The summed E-state index contributed by atoms with van der Waals surface area (Å²) in [6, 6.07) is 0. The van der Waals surface area contributed by atoms with Crippen LogP contribution in [0.3, 0.4) is 0 Å². The maximum Gasteiger partial charge on any atom is 3.00 e. The summed E-state index contributed by atoms with van der Waals surface area (Å²) in [6.45, 7) is 0. The standard InChI is InChI=1S/3NO3.Zn/c3*2-1(3)4;/q3*-1;+3. The number of nitrogens with zero attached hydrogens (tertiary/aromatic N) is 3. The van der Waals surface area contributed by atoms with Gasteiger partial charge < -0.3 is 46.0 Å². The van der Waals surface area contributed by atoms with Gasteiger partial charge in [-0.3, -0.25) is 0 Å². The Balaban J connectivity index is -0.0000000450. The minimum absolute atomic E-state index is 0. The summed E-state index contributed by atoms with van der Waals surface area (Å²) in [6.07, 6.45) is 0. The molecule has 0 N–H and O–H groups in total. The van der Waals surface area contributed by atoms with Gasteiger partial charge >= 0.3 is 19.5 Å². The summed E-state index contributed by atoms with van der Waals surface area (Å²) in [7, 11) is 0. The van der Waals surface area contributed by atoms with Crippen LogP contribution in [0.25, 0.3) is 0 Å². The fourth-order valence-electron chi connectivity index (χ4n) is 0. The first-order valence-corrected chi connectivity index (χ1v) is 1.64. The predicted octanol–water partition coefficient (Wildman–Crippen LogP) is -0.720. The second-order valence-electron chi connectivity index (χ2n) is 0.671. The molecule has 13 heavy (non-hydrogen) atoms. The van der Waals surface area contributed by atoms with Crippen molar-refractivity contribution in [2.24, 2.45) is 0 Å². The molecular formula is N3O9Zn. The van der Waals surface area contributed by atoms with Crippen LogP contribution < -0.4 is 0 Å². The smallest absolute Gasteiger partial charge is 0.356 e. The molecular weight excluding hydrogens is 251 g/mol. The molecule has 0 spiro atoms. The van der Waals surface area contributed by atoms with Gasteiger partial charge in [0.2, 0.25) is 0 Å². The van der Waals surface area contributed by atoms with Crippen molar-refractivity contribution in [1.29, 1.82) is 0 Å². The summed E-state index contributed by atoms with van der Waals surface area (Å²) in [5.41, 5.74) is 0. The van der Waals surface area contributed by atoms with Crippen LogP contribution in [0, 0.1) is 46.0 Å². The Labute approximate surface area is 81.5 Å². The normalized spacial score (nSPS) is 5.54. The molecule has 0 aliphatic rings. The van der Waals surface area contributed by atoms with Crippen LogP contribution in [0.15, 0.2) is 0 Å². The molecule has 13 heteroatoms. The zero-order chi connectivity index (χ0) is 10.7. The van der Waals surface area contributed by atoms with Gasteiger partial charge in [0.25, 0.3) is 0 Å². The monoisotopic (exact) mass is 250 g/mol. The summed E-state index contributed by atoms with van der Waals surface area (Å²) in [5.74, 6) is 0. The summed E-state index contributed by atoms with van der Waals surface area (Å²) >= 11 is 0. The van der Waals surface area contributed by atoms with Crippen molar-refractivity contribution in [1.82, 2.24) is 0 Å². The minimum atomic E-state index is -1.75. The first-order valence-electron chi connectivity index (χ1n) is 1.64. The van der Waals surface area contributed by atoms with Crippen molar-refractivity contribution in [3.63, 3.8) is 0 Å². The van der Waals surface area contributed by atoms with E-state index in [1.807, 2.05) is 0 Å². The molecule has 0 saturated carbocycles. The largest absolute Gasteiger partial charge is 3.00 e. The fraction of sp³-hybridized carbons (Fsp3) is 0. The van der Waals surface area contributed by atoms with E-state index >= 15 is 0 Å². The van der Waals surface area contributed by atoms with Gasteiger partial charge in [-0.15, -0.1) is 0 Å². The average Bonchev–Trinajstić information content (AvgIpc) is 1.54. The minimum Gasteiger partial charge on any atom is -0.356 e. The topological polar surface area (TPSA) is 199 Å². The van der Waals surface area contributed by atoms with Gasteiger partial charge in [-0.05, 0) is 0 Å². The van der Waals surface area contributed by atoms with Crippen molar-refractivity contribution >= 4 is 0 Å². The van der Waals surface area contributed by atoms with Gasteiger partial charge in [0, 0.05) is 0 Å². The fourth-order valence-corrected chi connectivity index (χ4v) is 0. The average molecular weight is 251 g/mol. The third kappa shape index (κ3) is 219. The maximum absolute atomic E-state index is 8.25. The molecule has 0 fully saturated rings. The summed E-state index contributed by atoms with van der Waals surface area (Å²) < 4.78 is 0. The van der Waals surface area contributed by atoms with Crippen molar-refractivity contribution < 1.29 is 34.7 Å². The summed E-state index contributed by atoms with van der Waals surface area (Å²) in [5, 5.41) is 44.2. The Morgan fingerprint density at radius 1 is 0.538 bits per heavy atom. The van der Waals surface area contributed by atoms with Crippen molar-refractivity contribution in [2.45, 2.75) is 0 Å². The molecule has 0 aliphatic heterocycles. The molecule has 0 aromatic carbocycles. The van der Waals surface area contributed by atoms with E-state index in [-0.39, 0.29) is 19.5 Å². The van der Waals surface area contributed by atoms with Crippen LogP contribution in [0.1, 0.15) is 0 Å². The zero-order valence-electron chi connectivity index (χ0n) is 5.72. The third-order valence-corrected chi connectivity index (χ3v) is 0. The first-order chi connectivity index (χ1) is 5.20. The molecule has 12 nitrogen and oxygen atoms in total. The van der Waals surface area contributed by atoms with E-state index in [1.54, 1.807) is 0 Å². The maximum atomic E-state index is 8.25. The molecule has 0 unspecified atom stereocenters. The molecule has 0 rings (SSSR count). The molecule has 0 bridgehead atoms. The second kappa shape index (κ2) is 16.7. The molecule has 0 aliphatic carbocycles. The van der Waals surface area contributed by atoms with E-state index in [1.165, 1.54) is 0 Å². The number of rotatable bonds is 0. The molecule has 0 amide bonds. The van der Waals surface area contributed by atoms with E-state index in [0.29, 0.717) is 0 Å². The van der Waals surface area contributed by atoms with E-state index < -0.39 is 15.3 Å². The van der Waals surface area contributed by atoms with Crippen LogP contribution in [0.4, 0.5) is 0 Å². The SMILES string of the molecule is O=[N+]([O-])[O-].O=[N+]([O-])[O-].O=[N+]([O-])[O-].[Zn+3]. The van der Waals surface area contributed by atoms with Gasteiger partial charge in [-0.25, -0.2) is 0 Å². The Hall–Kier alpha value is -1.78.